The Kier molecular flexibility index (Phi) is 4.83. The number of anilines is 1. The van der Waals surface area contributed by atoms with E-state index in [9.17, 15) is 17.2 Å². The summed E-state index contributed by atoms with van der Waals surface area (Å²) in [6.45, 7) is 2.88. The minimum absolute atomic E-state index is 0.0947. The van der Waals surface area contributed by atoms with Crippen molar-refractivity contribution in [2.45, 2.75) is 19.8 Å². The van der Waals surface area contributed by atoms with Gasteiger partial charge in [0.25, 0.3) is 0 Å². The van der Waals surface area contributed by atoms with Gasteiger partial charge in [0, 0.05) is 25.7 Å². The lowest BCUT2D eigenvalue weighted by Gasteiger charge is -2.31. The molecule has 1 aliphatic heterocycles. The molecule has 0 radical (unpaired) electrons. The highest BCUT2D eigenvalue weighted by molar-refractivity contribution is 7.88. The summed E-state index contributed by atoms with van der Waals surface area (Å²) in [5.74, 6) is -0.859. The second-order valence-electron chi connectivity index (χ2n) is 5.59. The number of rotatable bonds is 4. The Morgan fingerprint density at radius 2 is 2.05 bits per heavy atom. The number of nitrogens with zero attached hydrogens (tertiary/aromatic N) is 1. The second kappa shape index (κ2) is 6.27. The predicted molar refractivity (Wildman–Crippen MR) is 78.7 cm³/mol. The van der Waals surface area contributed by atoms with E-state index >= 15 is 0 Å². The Labute approximate surface area is 124 Å². The third-order valence-electron chi connectivity index (χ3n) is 3.78. The molecule has 1 N–H and O–H groups in total. The van der Waals surface area contributed by atoms with Crippen LogP contribution in [0.2, 0.25) is 0 Å². The van der Waals surface area contributed by atoms with Gasteiger partial charge < -0.3 is 5.32 Å². The van der Waals surface area contributed by atoms with E-state index in [1.807, 2.05) is 0 Å². The average Bonchev–Trinajstić information content (AvgIpc) is 2.41. The molecule has 1 saturated heterocycles. The van der Waals surface area contributed by atoms with Crippen LogP contribution in [0.1, 0.15) is 18.4 Å². The van der Waals surface area contributed by atoms with Crippen LogP contribution >= 0.6 is 0 Å². The molecule has 4 nitrogen and oxygen atoms in total. The normalized spacial score (nSPS) is 20.5. The minimum atomic E-state index is -3.19. The fraction of sp³-hybridized carbons (Fsp3) is 0.571. The Morgan fingerprint density at radius 3 is 2.71 bits per heavy atom. The molecule has 1 fully saturated rings. The number of benzene rings is 1. The molecule has 1 atom stereocenters. The van der Waals surface area contributed by atoms with Gasteiger partial charge in [0.1, 0.15) is 11.6 Å². The lowest BCUT2D eigenvalue weighted by atomic mass is 9.99. The van der Waals surface area contributed by atoms with Crippen LogP contribution in [-0.2, 0) is 10.0 Å². The zero-order valence-corrected chi connectivity index (χ0v) is 13.0. The van der Waals surface area contributed by atoms with Crippen molar-refractivity contribution in [1.82, 2.24) is 4.31 Å². The minimum Gasteiger partial charge on any atom is -0.382 e. The van der Waals surface area contributed by atoms with E-state index in [0.29, 0.717) is 19.6 Å². The highest BCUT2D eigenvalue weighted by atomic mass is 32.2. The van der Waals surface area contributed by atoms with Gasteiger partial charge in [0.05, 0.1) is 11.9 Å². The second-order valence-corrected chi connectivity index (χ2v) is 7.57. The van der Waals surface area contributed by atoms with Crippen LogP contribution in [-0.4, -0.2) is 38.6 Å². The van der Waals surface area contributed by atoms with Crippen LogP contribution < -0.4 is 5.32 Å². The molecule has 0 spiro atoms. The first kappa shape index (κ1) is 16.2. The molecule has 0 aromatic heterocycles. The number of halogens is 2. The van der Waals surface area contributed by atoms with Gasteiger partial charge in [0.2, 0.25) is 10.0 Å². The summed E-state index contributed by atoms with van der Waals surface area (Å²) in [4.78, 5) is 0. The summed E-state index contributed by atoms with van der Waals surface area (Å²) in [7, 11) is -3.19. The Balaban J connectivity index is 1.98. The van der Waals surface area contributed by atoms with E-state index in [0.717, 1.165) is 25.0 Å². The third kappa shape index (κ3) is 4.14. The quantitative estimate of drug-likeness (QED) is 0.927. The zero-order chi connectivity index (χ0) is 15.6. The van der Waals surface area contributed by atoms with Crippen molar-refractivity contribution >= 4 is 15.7 Å². The smallest absolute Gasteiger partial charge is 0.211 e. The number of hydrogen-bond donors (Lipinski definition) is 1. The van der Waals surface area contributed by atoms with Crippen LogP contribution in [0.5, 0.6) is 0 Å². The predicted octanol–water partition coefficient (Wildman–Crippen LogP) is 2.36. The van der Waals surface area contributed by atoms with E-state index in [4.69, 9.17) is 0 Å². The van der Waals surface area contributed by atoms with E-state index in [-0.39, 0.29) is 17.2 Å². The Morgan fingerprint density at radius 1 is 1.33 bits per heavy atom. The zero-order valence-electron chi connectivity index (χ0n) is 12.2. The van der Waals surface area contributed by atoms with E-state index in [2.05, 4.69) is 5.32 Å². The lowest BCUT2D eigenvalue weighted by Crippen LogP contribution is -2.41. The fourth-order valence-electron chi connectivity index (χ4n) is 2.53. The topological polar surface area (TPSA) is 49.4 Å². The number of aryl methyl sites for hydroxylation is 1. The Hall–Kier alpha value is -1.21. The van der Waals surface area contributed by atoms with Gasteiger partial charge in [-0.1, -0.05) is 0 Å². The van der Waals surface area contributed by atoms with Gasteiger partial charge in [-0.2, -0.15) is 0 Å². The first-order chi connectivity index (χ1) is 9.77. The van der Waals surface area contributed by atoms with E-state index < -0.39 is 21.7 Å². The summed E-state index contributed by atoms with van der Waals surface area (Å²) >= 11 is 0. The molecular formula is C14H20F2N2O2S. The van der Waals surface area contributed by atoms with Crippen LogP contribution in [0, 0.1) is 24.5 Å². The monoisotopic (exact) mass is 318 g/mol. The molecule has 0 aliphatic carbocycles. The molecule has 7 heteroatoms. The Bertz CT molecular complexity index is 620. The van der Waals surface area contributed by atoms with Crippen molar-refractivity contribution in [2.75, 3.05) is 31.2 Å². The lowest BCUT2D eigenvalue weighted by molar-refractivity contribution is 0.276. The molecule has 1 aliphatic rings. The highest BCUT2D eigenvalue weighted by Gasteiger charge is 2.25. The molecule has 0 amide bonds. The maximum Gasteiger partial charge on any atom is 0.211 e. The molecule has 21 heavy (non-hydrogen) atoms. The molecule has 0 bridgehead atoms. The van der Waals surface area contributed by atoms with Gasteiger partial charge in [-0.25, -0.2) is 21.5 Å². The molecule has 2 rings (SSSR count). The summed E-state index contributed by atoms with van der Waals surface area (Å²) in [5.41, 5.74) is 0.383. The summed E-state index contributed by atoms with van der Waals surface area (Å²) in [5, 5.41) is 2.89. The van der Waals surface area contributed by atoms with Crippen molar-refractivity contribution in [1.29, 1.82) is 0 Å². The fourth-order valence-corrected chi connectivity index (χ4v) is 3.47. The van der Waals surface area contributed by atoms with Crippen molar-refractivity contribution in [2.24, 2.45) is 5.92 Å². The molecule has 0 saturated carbocycles. The van der Waals surface area contributed by atoms with Crippen LogP contribution in [0.25, 0.3) is 0 Å². The molecule has 1 aromatic carbocycles. The summed E-state index contributed by atoms with van der Waals surface area (Å²) in [6, 6.07) is 2.29. The first-order valence-corrected chi connectivity index (χ1v) is 8.77. The maximum absolute atomic E-state index is 13.7. The number of piperidine rings is 1. The van der Waals surface area contributed by atoms with Crippen LogP contribution in [0.15, 0.2) is 12.1 Å². The van der Waals surface area contributed by atoms with E-state index in [1.165, 1.54) is 17.5 Å². The van der Waals surface area contributed by atoms with E-state index in [1.54, 1.807) is 0 Å². The molecular weight excluding hydrogens is 298 g/mol. The summed E-state index contributed by atoms with van der Waals surface area (Å²) < 4.78 is 51.7. The van der Waals surface area contributed by atoms with Gasteiger partial charge in [-0.3, -0.25) is 0 Å². The number of sulfonamides is 1. The van der Waals surface area contributed by atoms with Gasteiger partial charge in [-0.05, 0) is 37.3 Å². The van der Waals surface area contributed by atoms with Crippen LogP contribution in [0.4, 0.5) is 14.5 Å². The number of hydrogen-bond acceptors (Lipinski definition) is 3. The van der Waals surface area contributed by atoms with Crippen LogP contribution in [0.3, 0.4) is 0 Å². The molecule has 1 heterocycles. The van der Waals surface area contributed by atoms with Crippen molar-refractivity contribution in [3.8, 4) is 0 Å². The largest absolute Gasteiger partial charge is 0.382 e. The summed E-state index contributed by atoms with van der Waals surface area (Å²) in [6.07, 6.45) is 2.84. The first-order valence-electron chi connectivity index (χ1n) is 6.92. The van der Waals surface area contributed by atoms with Crippen molar-refractivity contribution in [3.05, 3.63) is 29.3 Å². The maximum atomic E-state index is 13.7. The van der Waals surface area contributed by atoms with Gasteiger partial charge >= 0.3 is 0 Å². The van der Waals surface area contributed by atoms with Gasteiger partial charge in [0.15, 0.2) is 0 Å². The molecule has 1 aromatic rings. The number of nitrogens with one attached hydrogen (secondary N) is 1. The van der Waals surface area contributed by atoms with Gasteiger partial charge in [-0.15, -0.1) is 0 Å². The molecule has 118 valence electrons. The third-order valence-corrected chi connectivity index (χ3v) is 5.05. The highest BCUT2D eigenvalue weighted by Crippen LogP contribution is 2.22. The standard InChI is InChI=1S/C14H20F2N2O2S/c1-10-6-13(16)14(7-12(10)15)17-8-11-4-3-5-18(9-11)21(2,19)20/h6-7,11,17H,3-5,8-9H2,1-2H3. The van der Waals surface area contributed by atoms with Crippen molar-refractivity contribution in [3.63, 3.8) is 0 Å². The average molecular weight is 318 g/mol. The van der Waals surface area contributed by atoms with Crippen molar-refractivity contribution < 1.29 is 17.2 Å². The SMILES string of the molecule is Cc1cc(F)c(NCC2CCCN(S(C)(=O)=O)C2)cc1F. The molecule has 1 unspecified atom stereocenters.